The Morgan fingerprint density at radius 2 is 1.37 bits per heavy atom. The molecule has 10 aromatic rings. The van der Waals surface area contributed by atoms with Gasteiger partial charge in [-0.05, 0) is 77.5 Å². The van der Waals surface area contributed by atoms with E-state index in [2.05, 4.69) is 126 Å². The zero-order valence-corrected chi connectivity index (χ0v) is 25.3. The van der Waals surface area contributed by atoms with Gasteiger partial charge in [-0.3, -0.25) is 0 Å². The Bertz CT molecular complexity index is 2770. The SMILES string of the molecule is c1ccc2cc(Oc3ccc(-c4nc5ccccc5s4)cc3-n3c4ccccc4c4cc5oc6ccccc6c5cc43)ccc2c1. The van der Waals surface area contributed by atoms with E-state index in [1.807, 2.05) is 24.3 Å². The summed E-state index contributed by atoms with van der Waals surface area (Å²) in [4.78, 5) is 5.00. The van der Waals surface area contributed by atoms with Gasteiger partial charge in [-0.15, -0.1) is 11.3 Å². The van der Waals surface area contributed by atoms with Gasteiger partial charge < -0.3 is 13.7 Å². The van der Waals surface area contributed by atoms with Crippen molar-refractivity contribution < 1.29 is 9.15 Å². The molecular weight excluding hydrogens is 585 g/mol. The van der Waals surface area contributed by atoms with E-state index in [4.69, 9.17) is 14.1 Å². The van der Waals surface area contributed by atoms with Crippen LogP contribution in [0.3, 0.4) is 0 Å². The van der Waals surface area contributed by atoms with Crippen LogP contribution in [0.1, 0.15) is 0 Å². The standard InChI is InChI=1S/C41H24N2O2S/c1-2-10-26-21-28(19-17-25(26)9-1)44-38-20-18-27(41-42-33-13-5-8-16-40(33)46-41)22-36(38)43-34-14-6-3-11-29(34)31-24-39-32(23-35(31)43)30-12-4-7-15-37(30)45-39/h1-24H. The number of rotatable bonds is 4. The molecular formula is C41H24N2O2S. The number of para-hydroxylation sites is 3. The van der Waals surface area contributed by atoms with Crippen molar-refractivity contribution >= 4 is 76.1 Å². The molecule has 0 fully saturated rings. The first-order valence-corrected chi connectivity index (χ1v) is 16.1. The summed E-state index contributed by atoms with van der Waals surface area (Å²) in [5, 5.41) is 7.77. The van der Waals surface area contributed by atoms with E-state index in [0.717, 1.165) is 82.4 Å². The number of hydrogen-bond acceptors (Lipinski definition) is 4. The topological polar surface area (TPSA) is 40.2 Å². The van der Waals surface area contributed by atoms with Crippen LogP contribution in [0.25, 0.3) is 81.0 Å². The lowest BCUT2D eigenvalue weighted by Gasteiger charge is -2.16. The van der Waals surface area contributed by atoms with Gasteiger partial charge in [-0.25, -0.2) is 4.98 Å². The minimum Gasteiger partial charge on any atom is -0.456 e. The molecule has 0 aliphatic carbocycles. The molecule has 3 aromatic heterocycles. The molecule has 0 saturated heterocycles. The molecule has 3 heterocycles. The highest BCUT2D eigenvalue weighted by Crippen LogP contribution is 2.42. The van der Waals surface area contributed by atoms with Gasteiger partial charge in [0, 0.05) is 27.1 Å². The van der Waals surface area contributed by atoms with Crippen LogP contribution in [-0.4, -0.2) is 9.55 Å². The van der Waals surface area contributed by atoms with Crippen molar-refractivity contribution in [3.05, 3.63) is 146 Å². The Morgan fingerprint density at radius 1 is 0.565 bits per heavy atom. The van der Waals surface area contributed by atoms with Crippen LogP contribution in [0.5, 0.6) is 11.5 Å². The molecule has 0 N–H and O–H groups in total. The third-order valence-electron chi connectivity index (χ3n) is 8.86. The number of aromatic nitrogens is 2. The van der Waals surface area contributed by atoms with Crippen molar-refractivity contribution in [1.29, 1.82) is 0 Å². The average Bonchev–Trinajstić information content (AvgIpc) is 3.79. The Morgan fingerprint density at radius 3 is 2.30 bits per heavy atom. The zero-order valence-electron chi connectivity index (χ0n) is 24.5. The summed E-state index contributed by atoms with van der Waals surface area (Å²) in [6, 6.07) is 50.6. The lowest BCUT2D eigenvalue weighted by Crippen LogP contribution is -1.99. The van der Waals surface area contributed by atoms with Crippen LogP contribution >= 0.6 is 11.3 Å². The summed E-state index contributed by atoms with van der Waals surface area (Å²) in [6.07, 6.45) is 0. The smallest absolute Gasteiger partial charge is 0.151 e. The van der Waals surface area contributed by atoms with Gasteiger partial charge >= 0.3 is 0 Å². The zero-order chi connectivity index (χ0) is 30.2. The maximum absolute atomic E-state index is 6.78. The number of nitrogens with zero attached hydrogens (tertiary/aromatic N) is 2. The Labute approximate surface area is 267 Å². The quantitative estimate of drug-likeness (QED) is 0.200. The number of furan rings is 1. The summed E-state index contributed by atoms with van der Waals surface area (Å²) in [5.74, 6) is 1.55. The van der Waals surface area contributed by atoms with Crippen LogP contribution < -0.4 is 4.74 Å². The second kappa shape index (κ2) is 9.80. The molecule has 216 valence electrons. The highest BCUT2D eigenvalue weighted by atomic mass is 32.1. The minimum atomic E-state index is 0.764. The molecule has 0 aliphatic rings. The maximum atomic E-state index is 6.78. The van der Waals surface area contributed by atoms with E-state index in [1.165, 1.54) is 10.1 Å². The lowest BCUT2D eigenvalue weighted by atomic mass is 10.1. The van der Waals surface area contributed by atoms with Crippen molar-refractivity contribution in [2.45, 2.75) is 0 Å². The third-order valence-corrected chi connectivity index (χ3v) is 9.95. The summed E-state index contributed by atoms with van der Waals surface area (Å²) < 4.78 is 16.6. The highest BCUT2D eigenvalue weighted by molar-refractivity contribution is 7.21. The van der Waals surface area contributed by atoms with Gasteiger partial charge in [-0.1, -0.05) is 78.9 Å². The van der Waals surface area contributed by atoms with Crippen LogP contribution in [0, 0.1) is 0 Å². The average molecular weight is 609 g/mol. The Kier molecular flexibility index (Phi) is 5.41. The summed E-state index contributed by atoms with van der Waals surface area (Å²) >= 11 is 1.71. The van der Waals surface area contributed by atoms with E-state index in [0.29, 0.717) is 0 Å². The molecule has 0 unspecified atom stereocenters. The molecule has 0 aliphatic heterocycles. The molecule has 0 amide bonds. The monoisotopic (exact) mass is 608 g/mol. The second-order valence-electron chi connectivity index (χ2n) is 11.6. The van der Waals surface area contributed by atoms with E-state index < -0.39 is 0 Å². The molecule has 7 aromatic carbocycles. The first-order chi connectivity index (χ1) is 22.8. The lowest BCUT2D eigenvalue weighted by molar-refractivity contribution is 0.481. The molecule has 0 bridgehead atoms. The Balaban J connectivity index is 1.26. The first kappa shape index (κ1) is 25.4. The number of ether oxygens (including phenoxy) is 1. The second-order valence-corrected chi connectivity index (χ2v) is 12.6. The van der Waals surface area contributed by atoms with Gasteiger partial charge in [0.1, 0.15) is 21.9 Å². The fourth-order valence-corrected chi connectivity index (χ4v) is 7.67. The summed E-state index contributed by atoms with van der Waals surface area (Å²) in [5.41, 5.74) is 6.95. The fourth-order valence-electron chi connectivity index (χ4n) is 6.71. The molecule has 5 heteroatoms. The third kappa shape index (κ3) is 3.89. The maximum Gasteiger partial charge on any atom is 0.151 e. The van der Waals surface area contributed by atoms with Crippen LogP contribution in [0.4, 0.5) is 0 Å². The van der Waals surface area contributed by atoms with E-state index in [9.17, 15) is 0 Å². The predicted octanol–water partition coefficient (Wildman–Crippen LogP) is 11.9. The van der Waals surface area contributed by atoms with Gasteiger partial charge in [0.2, 0.25) is 0 Å². The van der Waals surface area contributed by atoms with Gasteiger partial charge in [0.15, 0.2) is 5.75 Å². The summed E-state index contributed by atoms with van der Waals surface area (Å²) in [7, 11) is 0. The van der Waals surface area contributed by atoms with Crippen LogP contribution in [0.2, 0.25) is 0 Å². The molecule has 0 atom stereocenters. The largest absolute Gasteiger partial charge is 0.456 e. The van der Waals surface area contributed by atoms with Crippen molar-refractivity contribution in [2.24, 2.45) is 0 Å². The number of hydrogen-bond donors (Lipinski definition) is 0. The molecule has 4 nitrogen and oxygen atoms in total. The van der Waals surface area contributed by atoms with Gasteiger partial charge in [0.05, 0.1) is 26.9 Å². The van der Waals surface area contributed by atoms with Crippen LogP contribution in [-0.2, 0) is 0 Å². The molecule has 0 radical (unpaired) electrons. The summed E-state index contributed by atoms with van der Waals surface area (Å²) in [6.45, 7) is 0. The molecule has 46 heavy (non-hydrogen) atoms. The van der Waals surface area contributed by atoms with E-state index in [-0.39, 0.29) is 0 Å². The van der Waals surface area contributed by atoms with Crippen molar-refractivity contribution in [2.75, 3.05) is 0 Å². The first-order valence-electron chi connectivity index (χ1n) is 15.3. The van der Waals surface area contributed by atoms with Crippen molar-refractivity contribution in [1.82, 2.24) is 9.55 Å². The number of thiazole rings is 1. The number of benzene rings is 7. The molecule has 0 spiro atoms. The minimum absolute atomic E-state index is 0.764. The highest BCUT2D eigenvalue weighted by Gasteiger charge is 2.20. The van der Waals surface area contributed by atoms with Crippen molar-refractivity contribution in [3.8, 4) is 27.8 Å². The normalized spacial score (nSPS) is 11.9. The molecule has 0 saturated carbocycles. The van der Waals surface area contributed by atoms with E-state index >= 15 is 0 Å². The van der Waals surface area contributed by atoms with Gasteiger partial charge in [-0.2, -0.15) is 0 Å². The van der Waals surface area contributed by atoms with E-state index in [1.54, 1.807) is 11.3 Å². The number of fused-ring (bicyclic) bond motifs is 8. The Hall–Kier alpha value is -5.91. The van der Waals surface area contributed by atoms with Crippen molar-refractivity contribution in [3.63, 3.8) is 0 Å². The molecule has 10 rings (SSSR count). The van der Waals surface area contributed by atoms with Gasteiger partial charge in [0.25, 0.3) is 0 Å². The predicted molar refractivity (Wildman–Crippen MR) is 191 cm³/mol. The van der Waals surface area contributed by atoms with Crippen LogP contribution in [0.15, 0.2) is 150 Å². The fraction of sp³-hybridized carbons (Fsp3) is 0.